The van der Waals surface area contributed by atoms with Gasteiger partial charge in [-0.1, -0.05) is 20.8 Å². The molecule has 17 heavy (non-hydrogen) atoms. The third kappa shape index (κ3) is 6.39. The lowest BCUT2D eigenvalue weighted by Crippen LogP contribution is -2.40. The number of likely N-dealkylation sites (tertiary alicyclic amines) is 1. The van der Waals surface area contributed by atoms with Gasteiger partial charge in [-0.25, -0.2) is 0 Å². The molecule has 0 amide bonds. The largest absolute Gasteiger partial charge is 0.396 e. The van der Waals surface area contributed by atoms with Crippen LogP contribution in [0.2, 0.25) is 0 Å². The first-order valence-electron chi connectivity index (χ1n) is 7.15. The van der Waals surface area contributed by atoms with E-state index in [2.05, 4.69) is 31.0 Å². The van der Waals surface area contributed by atoms with E-state index in [1.807, 2.05) is 0 Å². The number of nitrogens with one attached hydrogen (secondary N) is 1. The van der Waals surface area contributed by atoms with E-state index in [0.29, 0.717) is 12.5 Å². The van der Waals surface area contributed by atoms with Crippen LogP contribution in [0, 0.1) is 17.8 Å². The summed E-state index contributed by atoms with van der Waals surface area (Å²) in [6.45, 7) is 12.7. The van der Waals surface area contributed by atoms with Crippen LogP contribution in [0.3, 0.4) is 0 Å². The van der Waals surface area contributed by atoms with Crippen LogP contribution >= 0.6 is 0 Å². The van der Waals surface area contributed by atoms with Crippen LogP contribution in [-0.4, -0.2) is 49.3 Å². The molecule has 0 aromatic rings. The van der Waals surface area contributed by atoms with Crippen LogP contribution < -0.4 is 5.32 Å². The summed E-state index contributed by atoms with van der Waals surface area (Å²) < 4.78 is 0. The van der Waals surface area contributed by atoms with Gasteiger partial charge in [0.25, 0.3) is 0 Å². The number of aliphatic hydroxyl groups excluding tert-OH is 1. The summed E-state index contributed by atoms with van der Waals surface area (Å²) in [4.78, 5) is 2.50. The minimum Gasteiger partial charge on any atom is -0.396 e. The van der Waals surface area contributed by atoms with Crippen molar-refractivity contribution >= 4 is 0 Å². The molecule has 3 nitrogen and oxygen atoms in total. The third-order valence-electron chi connectivity index (χ3n) is 3.57. The van der Waals surface area contributed by atoms with Gasteiger partial charge in [0, 0.05) is 13.2 Å². The van der Waals surface area contributed by atoms with Gasteiger partial charge in [0.1, 0.15) is 0 Å². The fourth-order valence-electron chi connectivity index (χ4n) is 2.45. The molecule has 1 unspecified atom stereocenters. The van der Waals surface area contributed by atoms with Crippen molar-refractivity contribution in [3.8, 4) is 0 Å². The molecule has 1 fully saturated rings. The van der Waals surface area contributed by atoms with Crippen molar-refractivity contribution in [2.45, 2.75) is 33.6 Å². The van der Waals surface area contributed by atoms with Crippen LogP contribution in [0.25, 0.3) is 0 Å². The molecule has 1 aliphatic heterocycles. The monoisotopic (exact) mass is 242 g/mol. The van der Waals surface area contributed by atoms with Crippen molar-refractivity contribution in [1.29, 1.82) is 0 Å². The second kappa shape index (κ2) is 8.06. The zero-order valence-corrected chi connectivity index (χ0v) is 11.8. The zero-order valence-electron chi connectivity index (χ0n) is 11.8. The van der Waals surface area contributed by atoms with Gasteiger partial charge in [-0.3, -0.25) is 0 Å². The van der Waals surface area contributed by atoms with E-state index in [4.69, 9.17) is 5.11 Å². The fourth-order valence-corrected chi connectivity index (χ4v) is 2.45. The first-order valence-corrected chi connectivity index (χ1v) is 7.15. The lowest BCUT2D eigenvalue weighted by Gasteiger charge is -2.33. The Kier molecular flexibility index (Phi) is 7.09. The average molecular weight is 242 g/mol. The maximum absolute atomic E-state index is 9.05. The summed E-state index contributed by atoms with van der Waals surface area (Å²) in [5.74, 6) is 2.03. The zero-order chi connectivity index (χ0) is 12.7. The molecule has 3 heteroatoms. The lowest BCUT2D eigenvalue weighted by atomic mass is 9.96. The summed E-state index contributed by atoms with van der Waals surface area (Å²) in [7, 11) is 0. The van der Waals surface area contributed by atoms with Gasteiger partial charge >= 0.3 is 0 Å². The molecular formula is C14H30N2O. The average Bonchev–Trinajstić information content (AvgIpc) is 2.31. The predicted molar refractivity (Wildman–Crippen MR) is 73.1 cm³/mol. The number of piperidine rings is 1. The standard InChI is InChI=1S/C14H30N2O/c1-12(2)8-15-9-14-4-6-16(7-5-14)10-13(3)11-17/h12-15,17H,4-11H2,1-3H3. The number of rotatable bonds is 7. The van der Waals surface area contributed by atoms with Crippen molar-refractivity contribution in [3.05, 3.63) is 0 Å². The predicted octanol–water partition coefficient (Wildman–Crippen LogP) is 1.57. The van der Waals surface area contributed by atoms with Crippen molar-refractivity contribution < 1.29 is 5.11 Å². The molecule has 0 aromatic carbocycles. The van der Waals surface area contributed by atoms with Crippen molar-refractivity contribution in [1.82, 2.24) is 10.2 Å². The molecule has 2 N–H and O–H groups in total. The molecule has 1 saturated heterocycles. The summed E-state index contributed by atoms with van der Waals surface area (Å²) in [6.07, 6.45) is 2.62. The Bertz CT molecular complexity index is 189. The van der Waals surface area contributed by atoms with Gasteiger partial charge in [-0.05, 0) is 56.8 Å². The quantitative estimate of drug-likeness (QED) is 0.711. The Morgan fingerprint density at radius 1 is 1.24 bits per heavy atom. The first kappa shape index (κ1) is 14.9. The molecule has 0 radical (unpaired) electrons. The Labute approximate surface area is 107 Å². The van der Waals surface area contributed by atoms with Gasteiger partial charge < -0.3 is 15.3 Å². The van der Waals surface area contributed by atoms with E-state index in [1.165, 1.54) is 32.5 Å². The summed E-state index contributed by atoms with van der Waals surface area (Å²) >= 11 is 0. The third-order valence-corrected chi connectivity index (χ3v) is 3.57. The fraction of sp³-hybridized carbons (Fsp3) is 1.00. The minimum absolute atomic E-state index is 0.315. The van der Waals surface area contributed by atoms with Crippen LogP contribution in [0.5, 0.6) is 0 Å². The number of hydrogen-bond donors (Lipinski definition) is 2. The topological polar surface area (TPSA) is 35.5 Å². The second-order valence-electron chi connectivity index (χ2n) is 6.08. The number of aliphatic hydroxyl groups is 1. The summed E-state index contributed by atoms with van der Waals surface area (Å²) in [6, 6.07) is 0. The second-order valence-corrected chi connectivity index (χ2v) is 6.08. The van der Waals surface area contributed by atoms with E-state index in [9.17, 15) is 0 Å². The molecule has 1 atom stereocenters. The first-order chi connectivity index (χ1) is 8.11. The van der Waals surface area contributed by atoms with Crippen LogP contribution in [0.1, 0.15) is 33.6 Å². The highest BCUT2D eigenvalue weighted by atomic mass is 16.3. The van der Waals surface area contributed by atoms with Crippen molar-refractivity contribution in [2.24, 2.45) is 17.8 Å². The number of hydrogen-bond acceptors (Lipinski definition) is 3. The highest BCUT2D eigenvalue weighted by molar-refractivity contribution is 4.75. The molecule has 0 saturated carbocycles. The highest BCUT2D eigenvalue weighted by Gasteiger charge is 2.19. The van der Waals surface area contributed by atoms with Gasteiger partial charge in [0.05, 0.1) is 0 Å². The Morgan fingerprint density at radius 3 is 2.41 bits per heavy atom. The summed E-state index contributed by atoms with van der Waals surface area (Å²) in [5, 5.41) is 12.6. The van der Waals surface area contributed by atoms with Crippen LogP contribution in [0.15, 0.2) is 0 Å². The van der Waals surface area contributed by atoms with E-state index in [1.54, 1.807) is 0 Å². The van der Waals surface area contributed by atoms with Gasteiger partial charge in [0.15, 0.2) is 0 Å². The SMILES string of the molecule is CC(C)CNCC1CCN(CC(C)CO)CC1. The Balaban J connectivity index is 2.09. The Hall–Kier alpha value is -0.120. The Morgan fingerprint density at radius 2 is 1.88 bits per heavy atom. The molecule has 0 aliphatic carbocycles. The van der Waals surface area contributed by atoms with E-state index < -0.39 is 0 Å². The maximum Gasteiger partial charge on any atom is 0.0468 e. The molecule has 0 spiro atoms. The highest BCUT2D eigenvalue weighted by Crippen LogP contribution is 2.17. The van der Waals surface area contributed by atoms with E-state index in [-0.39, 0.29) is 0 Å². The molecule has 0 bridgehead atoms. The van der Waals surface area contributed by atoms with Gasteiger partial charge in [-0.2, -0.15) is 0 Å². The normalized spacial score (nSPS) is 21.0. The minimum atomic E-state index is 0.315. The molecule has 1 heterocycles. The van der Waals surface area contributed by atoms with E-state index >= 15 is 0 Å². The van der Waals surface area contributed by atoms with Crippen molar-refractivity contribution in [3.63, 3.8) is 0 Å². The van der Waals surface area contributed by atoms with Crippen LogP contribution in [0.4, 0.5) is 0 Å². The number of nitrogens with zero attached hydrogens (tertiary/aromatic N) is 1. The van der Waals surface area contributed by atoms with Crippen LogP contribution in [-0.2, 0) is 0 Å². The molecule has 1 rings (SSSR count). The molecular weight excluding hydrogens is 212 g/mol. The van der Waals surface area contributed by atoms with Crippen molar-refractivity contribution in [2.75, 3.05) is 39.3 Å². The van der Waals surface area contributed by atoms with Gasteiger partial charge in [-0.15, -0.1) is 0 Å². The molecule has 0 aromatic heterocycles. The van der Waals surface area contributed by atoms with Gasteiger partial charge in [0.2, 0.25) is 0 Å². The molecule has 102 valence electrons. The summed E-state index contributed by atoms with van der Waals surface area (Å²) in [5.41, 5.74) is 0. The smallest absolute Gasteiger partial charge is 0.0468 e. The molecule has 1 aliphatic rings. The maximum atomic E-state index is 9.05. The lowest BCUT2D eigenvalue weighted by molar-refractivity contribution is 0.134. The van der Waals surface area contributed by atoms with E-state index in [0.717, 1.165) is 24.9 Å².